The van der Waals surface area contributed by atoms with Gasteiger partial charge in [-0.15, -0.1) is 11.3 Å². The van der Waals surface area contributed by atoms with Gasteiger partial charge in [0.2, 0.25) is 0 Å². The highest BCUT2D eigenvalue weighted by Gasteiger charge is 2.04. The molecule has 2 N–H and O–H groups in total. The standard InChI is InChI=1S/C20H30N4OS/c1-5-21-20(23-13-11-19-24-15(2)16(3)26-19)22-12-7-9-17-8-6-10-18(14-17)25-4/h6,8,10,14H,5,7,9,11-13H2,1-4H3,(H2,21,22,23). The number of nitrogens with zero attached hydrogens (tertiary/aromatic N) is 2. The van der Waals surface area contributed by atoms with E-state index in [1.165, 1.54) is 15.4 Å². The summed E-state index contributed by atoms with van der Waals surface area (Å²) in [5.74, 6) is 1.79. The molecule has 1 heterocycles. The molecule has 1 aromatic carbocycles. The van der Waals surface area contributed by atoms with Crippen LogP contribution in [-0.4, -0.2) is 37.7 Å². The Morgan fingerprint density at radius 2 is 2.08 bits per heavy atom. The van der Waals surface area contributed by atoms with Crippen molar-refractivity contribution in [2.24, 2.45) is 4.99 Å². The molecule has 1 aromatic heterocycles. The molecule has 0 bridgehead atoms. The van der Waals surface area contributed by atoms with E-state index in [1.807, 2.05) is 12.1 Å². The summed E-state index contributed by atoms with van der Waals surface area (Å²) in [5.41, 5.74) is 2.43. The molecule has 0 aliphatic carbocycles. The second-order valence-corrected chi connectivity index (χ2v) is 7.43. The summed E-state index contributed by atoms with van der Waals surface area (Å²) in [7, 11) is 1.70. The fourth-order valence-corrected chi connectivity index (χ4v) is 3.51. The maximum atomic E-state index is 5.27. The fraction of sp³-hybridized carbons (Fsp3) is 0.500. The van der Waals surface area contributed by atoms with Crippen LogP contribution in [0.5, 0.6) is 5.75 Å². The first-order valence-corrected chi connectivity index (χ1v) is 10.0. The zero-order valence-corrected chi connectivity index (χ0v) is 17.1. The number of benzene rings is 1. The lowest BCUT2D eigenvalue weighted by molar-refractivity contribution is 0.414. The Hall–Kier alpha value is -2.08. The second-order valence-electron chi connectivity index (χ2n) is 6.14. The van der Waals surface area contributed by atoms with Crippen LogP contribution in [0, 0.1) is 13.8 Å². The Labute approximate surface area is 160 Å². The number of aliphatic imine (C=N–C) groups is 1. The van der Waals surface area contributed by atoms with Gasteiger partial charge in [-0.1, -0.05) is 12.1 Å². The highest BCUT2D eigenvalue weighted by molar-refractivity contribution is 7.11. The van der Waals surface area contributed by atoms with Crippen molar-refractivity contribution >= 4 is 17.3 Å². The molecule has 0 spiro atoms. The highest BCUT2D eigenvalue weighted by Crippen LogP contribution is 2.16. The first kappa shape index (κ1) is 20.2. The molecular weight excluding hydrogens is 344 g/mol. The van der Waals surface area contributed by atoms with Gasteiger partial charge in [-0.3, -0.25) is 4.99 Å². The molecule has 6 heteroatoms. The van der Waals surface area contributed by atoms with Crippen molar-refractivity contribution in [3.63, 3.8) is 0 Å². The first-order valence-electron chi connectivity index (χ1n) is 9.20. The van der Waals surface area contributed by atoms with Crippen molar-refractivity contribution in [3.05, 3.63) is 45.4 Å². The lowest BCUT2D eigenvalue weighted by atomic mass is 10.1. The molecule has 5 nitrogen and oxygen atoms in total. The third-order valence-corrected chi connectivity index (χ3v) is 5.21. The van der Waals surface area contributed by atoms with Crippen LogP contribution in [0.1, 0.15) is 34.5 Å². The molecular formula is C20H30N4OS. The zero-order chi connectivity index (χ0) is 18.8. The number of aromatic nitrogens is 1. The van der Waals surface area contributed by atoms with Gasteiger partial charge in [-0.2, -0.15) is 0 Å². The Balaban J connectivity index is 1.76. The van der Waals surface area contributed by atoms with Crippen molar-refractivity contribution in [2.75, 3.05) is 26.7 Å². The van der Waals surface area contributed by atoms with Gasteiger partial charge in [0.1, 0.15) is 5.75 Å². The number of nitrogens with one attached hydrogen (secondary N) is 2. The summed E-state index contributed by atoms with van der Waals surface area (Å²) in [6.45, 7) is 8.77. The topological polar surface area (TPSA) is 58.5 Å². The Morgan fingerprint density at radius 1 is 1.23 bits per heavy atom. The Kier molecular flexibility index (Phi) is 8.41. The van der Waals surface area contributed by atoms with Crippen molar-refractivity contribution in [3.8, 4) is 5.75 Å². The fourth-order valence-electron chi connectivity index (χ4n) is 2.58. The van der Waals surface area contributed by atoms with Gasteiger partial charge in [-0.05, 0) is 51.3 Å². The molecule has 0 saturated carbocycles. The number of guanidine groups is 1. The Morgan fingerprint density at radius 3 is 2.77 bits per heavy atom. The van der Waals surface area contributed by atoms with E-state index < -0.39 is 0 Å². The summed E-state index contributed by atoms with van der Waals surface area (Å²) in [5, 5.41) is 7.89. The van der Waals surface area contributed by atoms with Crippen LogP contribution < -0.4 is 15.4 Å². The predicted octanol–water partition coefficient (Wildman–Crippen LogP) is 3.50. The van der Waals surface area contributed by atoms with Crippen LogP contribution in [0.3, 0.4) is 0 Å². The predicted molar refractivity (Wildman–Crippen MR) is 111 cm³/mol. The number of thiazole rings is 1. The summed E-state index contributed by atoms with van der Waals surface area (Å²) < 4.78 is 5.27. The molecule has 142 valence electrons. The van der Waals surface area contributed by atoms with E-state index in [1.54, 1.807) is 18.4 Å². The van der Waals surface area contributed by atoms with Gasteiger partial charge < -0.3 is 15.4 Å². The van der Waals surface area contributed by atoms with Crippen LogP contribution in [0.4, 0.5) is 0 Å². The number of ether oxygens (including phenoxy) is 1. The van der Waals surface area contributed by atoms with E-state index in [0.29, 0.717) is 0 Å². The van der Waals surface area contributed by atoms with E-state index in [2.05, 4.69) is 53.5 Å². The summed E-state index contributed by atoms with van der Waals surface area (Å²) in [4.78, 5) is 10.6. The summed E-state index contributed by atoms with van der Waals surface area (Å²) in [6, 6.07) is 8.23. The van der Waals surface area contributed by atoms with Gasteiger partial charge in [0.15, 0.2) is 5.96 Å². The smallest absolute Gasteiger partial charge is 0.191 e. The van der Waals surface area contributed by atoms with Crippen LogP contribution in [-0.2, 0) is 12.8 Å². The second kappa shape index (κ2) is 10.8. The van der Waals surface area contributed by atoms with Crippen molar-refractivity contribution in [1.29, 1.82) is 0 Å². The van der Waals surface area contributed by atoms with E-state index in [4.69, 9.17) is 4.74 Å². The lowest BCUT2D eigenvalue weighted by Crippen LogP contribution is -2.38. The summed E-state index contributed by atoms with van der Waals surface area (Å²) >= 11 is 1.78. The van der Waals surface area contributed by atoms with Gasteiger partial charge in [0.25, 0.3) is 0 Å². The number of rotatable bonds is 9. The molecule has 0 fully saturated rings. The Bertz CT molecular complexity index is 692. The minimum atomic E-state index is 0.794. The highest BCUT2D eigenvalue weighted by atomic mass is 32.1. The van der Waals surface area contributed by atoms with E-state index in [0.717, 1.165) is 56.3 Å². The number of hydrogen-bond acceptors (Lipinski definition) is 4. The third kappa shape index (κ3) is 6.67. The minimum Gasteiger partial charge on any atom is -0.497 e. The SMILES string of the molecule is CCNC(=NCCCc1cccc(OC)c1)NCCc1nc(C)c(C)s1. The number of methoxy groups -OCH3 is 1. The van der Waals surface area contributed by atoms with Crippen LogP contribution >= 0.6 is 11.3 Å². The van der Waals surface area contributed by atoms with E-state index in [9.17, 15) is 0 Å². The molecule has 0 atom stereocenters. The first-order chi connectivity index (χ1) is 12.6. The van der Waals surface area contributed by atoms with Crippen LogP contribution in [0.25, 0.3) is 0 Å². The molecule has 0 aliphatic heterocycles. The molecule has 0 amide bonds. The van der Waals surface area contributed by atoms with E-state index in [-0.39, 0.29) is 0 Å². The maximum absolute atomic E-state index is 5.27. The average molecular weight is 375 g/mol. The monoisotopic (exact) mass is 374 g/mol. The molecule has 0 radical (unpaired) electrons. The third-order valence-electron chi connectivity index (χ3n) is 4.08. The maximum Gasteiger partial charge on any atom is 0.191 e. The van der Waals surface area contributed by atoms with Gasteiger partial charge >= 0.3 is 0 Å². The molecule has 2 rings (SSSR count). The zero-order valence-electron chi connectivity index (χ0n) is 16.3. The number of aryl methyl sites for hydroxylation is 3. The van der Waals surface area contributed by atoms with Crippen molar-refractivity contribution in [1.82, 2.24) is 15.6 Å². The summed E-state index contributed by atoms with van der Waals surface area (Å²) in [6.07, 6.45) is 2.93. The van der Waals surface area contributed by atoms with Crippen LogP contribution in [0.2, 0.25) is 0 Å². The molecule has 26 heavy (non-hydrogen) atoms. The van der Waals surface area contributed by atoms with Gasteiger partial charge in [0.05, 0.1) is 17.8 Å². The number of hydrogen-bond donors (Lipinski definition) is 2. The molecule has 0 saturated heterocycles. The largest absolute Gasteiger partial charge is 0.497 e. The van der Waals surface area contributed by atoms with Crippen LogP contribution in [0.15, 0.2) is 29.3 Å². The van der Waals surface area contributed by atoms with E-state index >= 15 is 0 Å². The van der Waals surface area contributed by atoms with Crippen molar-refractivity contribution < 1.29 is 4.74 Å². The quantitative estimate of drug-likeness (QED) is 0.401. The molecule has 0 unspecified atom stereocenters. The average Bonchev–Trinajstić information content (AvgIpc) is 2.96. The lowest BCUT2D eigenvalue weighted by Gasteiger charge is -2.10. The normalized spacial score (nSPS) is 11.5. The minimum absolute atomic E-state index is 0.794. The molecule has 2 aromatic rings. The van der Waals surface area contributed by atoms with Gasteiger partial charge in [0, 0.05) is 30.9 Å². The van der Waals surface area contributed by atoms with Crippen molar-refractivity contribution in [2.45, 2.75) is 40.0 Å². The molecule has 0 aliphatic rings. The van der Waals surface area contributed by atoms with Gasteiger partial charge in [-0.25, -0.2) is 4.98 Å².